The van der Waals surface area contributed by atoms with E-state index in [1.165, 1.54) is 0 Å². The predicted octanol–water partition coefficient (Wildman–Crippen LogP) is 0.724. The second-order valence-corrected chi connectivity index (χ2v) is 3.54. The molecule has 14 heavy (non-hydrogen) atoms. The molecule has 1 atom stereocenters. The molecule has 2 N–H and O–H groups in total. The summed E-state index contributed by atoms with van der Waals surface area (Å²) in [7, 11) is 0. The van der Waals surface area contributed by atoms with Crippen LogP contribution in [0.3, 0.4) is 0 Å². The van der Waals surface area contributed by atoms with Crippen LogP contribution in [-0.2, 0) is 6.42 Å². The number of fused-ring (bicyclic) bond motifs is 1. The van der Waals surface area contributed by atoms with Crippen molar-refractivity contribution in [2.45, 2.75) is 18.9 Å². The van der Waals surface area contributed by atoms with Gasteiger partial charge in [0, 0.05) is 18.2 Å². The molecule has 74 valence electrons. The Hall–Kier alpha value is -1.35. The fourth-order valence-electron chi connectivity index (χ4n) is 1.83. The Labute approximate surface area is 82.8 Å². The minimum atomic E-state index is -0.0229. The molecule has 1 aliphatic rings. The van der Waals surface area contributed by atoms with E-state index in [1.807, 2.05) is 24.3 Å². The van der Waals surface area contributed by atoms with Crippen molar-refractivity contribution in [3.63, 3.8) is 0 Å². The molecule has 0 fully saturated rings. The second-order valence-electron chi connectivity index (χ2n) is 3.54. The Morgan fingerprint density at radius 2 is 2.21 bits per heavy atom. The highest BCUT2D eigenvalue weighted by atomic mass is 16.3. The van der Waals surface area contributed by atoms with Crippen molar-refractivity contribution in [2.75, 3.05) is 6.61 Å². The molecule has 1 unspecified atom stereocenters. The molecule has 0 saturated heterocycles. The highest BCUT2D eigenvalue weighted by molar-refractivity contribution is 5.96. The van der Waals surface area contributed by atoms with Crippen LogP contribution in [0.4, 0.5) is 0 Å². The van der Waals surface area contributed by atoms with Gasteiger partial charge in [-0.3, -0.25) is 4.79 Å². The van der Waals surface area contributed by atoms with Crippen LogP contribution in [0.15, 0.2) is 24.3 Å². The van der Waals surface area contributed by atoms with Crippen LogP contribution < -0.4 is 5.32 Å². The first-order valence-corrected chi connectivity index (χ1v) is 4.81. The van der Waals surface area contributed by atoms with E-state index in [9.17, 15) is 4.79 Å². The van der Waals surface area contributed by atoms with E-state index in [2.05, 4.69) is 5.32 Å². The molecule has 0 bridgehead atoms. The Kier molecular flexibility index (Phi) is 2.50. The fourth-order valence-corrected chi connectivity index (χ4v) is 1.83. The van der Waals surface area contributed by atoms with E-state index < -0.39 is 0 Å². The largest absolute Gasteiger partial charge is 0.396 e. The average molecular weight is 191 g/mol. The molecule has 3 heteroatoms. The molecule has 0 aliphatic carbocycles. The number of carbonyl (C=O) groups excluding carboxylic acids is 1. The van der Waals surface area contributed by atoms with Crippen molar-refractivity contribution >= 4 is 5.91 Å². The number of hydrogen-bond acceptors (Lipinski definition) is 2. The quantitative estimate of drug-likeness (QED) is 0.723. The second kappa shape index (κ2) is 3.80. The Morgan fingerprint density at radius 3 is 3.00 bits per heavy atom. The van der Waals surface area contributed by atoms with Gasteiger partial charge in [0.25, 0.3) is 5.91 Å². The zero-order valence-electron chi connectivity index (χ0n) is 7.86. The molecular weight excluding hydrogens is 178 g/mol. The lowest BCUT2D eigenvalue weighted by molar-refractivity contribution is 0.0917. The highest BCUT2D eigenvalue weighted by Gasteiger charge is 2.22. The minimum absolute atomic E-state index is 0.0229. The number of nitrogens with one attached hydrogen (secondary N) is 1. The molecule has 2 rings (SSSR count). The number of aliphatic hydroxyl groups is 1. The third kappa shape index (κ3) is 1.63. The van der Waals surface area contributed by atoms with Crippen molar-refractivity contribution in [3.8, 4) is 0 Å². The van der Waals surface area contributed by atoms with Gasteiger partial charge in [-0.15, -0.1) is 0 Å². The molecule has 1 aromatic rings. The molecule has 1 aromatic carbocycles. The summed E-state index contributed by atoms with van der Waals surface area (Å²) in [5.41, 5.74) is 1.84. The lowest BCUT2D eigenvalue weighted by Crippen LogP contribution is -2.41. The molecular formula is C11H13NO2. The fraction of sp³-hybridized carbons (Fsp3) is 0.364. The smallest absolute Gasteiger partial charge is 0.251 e. The van der Waals surface area contributed by atoms with Crippen LogP contribution in [0.5, 0.6) is 0 Å². The summed E-state index contributed by atoms with van der Waals surface area (Å²) in [5.74, 6) is -0.0229. The maximum Gasteiger partial charge on any atom is 0.251 e. The van der Waals surface area contributed by atoms with Crippen LogP contribution in [0.25, 0.3) is 0 Å². The first kappa shape index (κ1) is 9.21. The summed E-state index contributed by atoms with van der Waals surface area (Å²) in [6.45, 7) is 0.118. The van der Waals surface area contributed by atoms with Gasteiger partial charge in [-0.2, -0.15) is 0 Å². The summed E-state index contributed by atoms with van der Waals surface area (Å²) in [6, 6.07) is 7.69. The summed E-state index contributed by atoms with van der Waals surface area (Å²) < 4.78 is 0. The van der Waals surface area contributed by atoms with Crippen molar-refractivity contribution in [1.29, 1.82) is 0 Å². The third-order valence-electron chi connectivity index (χ3n) is 2.54. The van der Waals surface area contributed by atoms with E-state index in [4.69, 9.17) is 5.11 Å². The summed E-state index contributed by atoms with van der Waals surface area (Å²) >= 11 is 0. The predicted molar refractivity (Wildman–Crippen MR) is 53.1 cm³/mol. The van der Waals surface area contributed by atoms with Crippen LogP contribution >= 0.6 is 0 Å². The van der Waals surface area contributed by atoms with Crippen LogP contribution in [0, 0.1) is 0 Å². The van der Waals surface area contributed by atoms with Gasteiger partial charge in [0.1, 0.15) is 0 Å². The van der Waals surface area contributed by atoms with Crippen molar-refractivity contribution in [3.05, 3.63) is 35.4 Å². The van der Waals surface area contributed by atoms with Gasteiger partial charge in [0.05, 0.1) is 0 Å². The van der Waals surface area contributed by atoms with Gasteiger partial charge in [-0.1, -0.05) is 18.2 Å². The van der Waals surface area contributed by atoms with Crippen LogP contribution in [0.2, 0.25) is 0 Å². The first-order chi connectivity index (χ1) is 6.81. The summed E-state index contributed by atoms with van der Waals surface area (Å²) in [6.07, 6.45) is 1.45. The number of benzene rings is 1. The Balaban J connectivity index is 2.24. The maximum absolute atomic E-state index is 11.6. The molecule has 0 radical (unpaired) electrons. The Bertz CT molecular complexity index is 349. The standard InChI is InChI=1S/C11H13NO2/c13-6-5-9-7-8-3-1-2-4-10(8)11(14)12-9/h1-4,9,13H,5-7H2,(H,12,14). The normalized spacial score (nSPS) is 20.1. The topological polar surface area (TPSA) is 49.3 Å². The number of amides is 1. The molecule has 0 spiro atoms. The van der Waals surface area contributed by atoms with Gasteiger partial charge in [-0.05, 0) is 24.5 Å². The molecule has 1 amide bonds. The van der Waals surface area contributed by atoms with E-state index in [0.717, 1.165) is 17.5 Å². The van der Waals surface area contributed by atoms with Gasteiger partial charge in [-0.25, -0.2) is 0 Å². The van der Waals surface area contributed by atoms with E-state index >= 15 is 0 Å². The molecule has 0 aromatic heterocycles. The monoisotopic (exact) mass is 191 g/mol. The third-order valence-corrected chi connectivity index (χ3v) is 2.54. The SMILES string of the molecule is O=C1NC(CCO)Cc2ccccc21. The maximum atomic E-state index is 11.6. The van der Waals surface area contributed by atoms with Crippen LogP contribution in [-0.4, -0.2) is 23.7 Å². The van der Waals surface area contributed by atoms with E-state index in [-0.39, 0.29) is 18.6 Å². The van der Waals surface area contributed by atoms with Gasteiger partial charge in [0.15, 0.2) is 0 Å². The summed E-state index contributed by atoms with van der Waals surface area (Å²) in [5, 5.41) is 11.7. The molecule has 0 saturated carbocycles. The average Bonchev–Trinajstić information content (AvgIpc) is 2.18. The minimum Gasteiger partial charge on any atom is -0.396 e. The number of hydrogen-bond donors (Lipinski definition) is 2. The van der Waals surface area contributed by atoms with E-state index in [1.54, 1.807) is 0 Å². The van der Waals surface area contributed by atoms with Gasteiger partial charge < -0.3 is 10.4 Å². The van der Waals surface area contributed by atoms with Crippen molar-refractivity contribution in [1.82, 2.24) is 5.32 Å². The Morgan fingerprint density at radius 1 is 1.43 bits per heavy atom. The van der Waals surface area contributed by atoms with Crippen molar-refractivity contribution in [2.24, 2.45) is 0 Å². The van der Waals surface area contributed by atoms with Gasteiger partial charge in [0.2, 0.25) is 0 Å². The van der Waals surface area contributed by atoms with Gasteiger partial charge >= 0.3 is 0 Å². The molecule has 1 heterocycles. The van der Waals surface area contributed by atoms with Crippen molar-refractivity contribution < 1.29 is 9.90 Å². The number of carbonyl (C=O) groups is 1. The van der Waals surface area contributed by atoms with E-state index in [0.29, 0.717) is 6.42 Å². The lowest BCUT2D eigenvalue weighted by atomic mass is 9.94. The number of aliphatic hydroxyl groups excluding tert-OH is 1. The molecule has 1 aliphatic heterocycles. The van der Waals surface area contributed by atoms with Crippen LogP contribution in [0.1, 0.15) is 22.3 Å². The highest BCUT2D eigenvalue weighted by Crippen LogP contribution is 2.17. The zero-order valence-corrected chi connectivity index (χ0v) is 7.86. The lowest BCUT2D eigenvalue weighted by Gasteiger charge is -2.24. The zero-order chi connectivity index (χ0) is 9.97. The number of rotatable bonds is 2. The summed E-state index contributed by atoms with van der Waals surface area (Å²) in [4.78, 5) is 11.6. The first-order valence-electron chi connectivity index (χ1n) is 4.81. The molecule has 3 nitrogen and oxygen atoms in total.